The lowest BCUT2D eigenvalue weighted by Gasteiger charge is -2.09. The fourth-order valence-electron chi connectivity index (χ4n) is 1.88. The van der Waals surface area contributed by atoms with Crippen molar-refractivity contribution in [1.29, 1.82) is 0 Å². The fraction of sp³-hybridized carbons (Fsp3) is 0.250. The Bertz CT molecular complexity index is 818. The third kappa shape index (κ3) is 5.24. The maximum absolute atomic E-state index is 12.2. The first-order chi connectivity index (χ1) is 11.8. The van der Waals surface area contributed by atoms with Crippen molar-refractivity contribution in [2.45, 2.75) is 17.9 Å². The molecule has 0 aliphatic carbocycles. The summed E-state index contributed by atoms with van der Waals surface area (Å²) in [5.74, 6) is 0.0325. The average molecular weight is 365 g/mol. The highest BCUT2D eigenvalue weighted by Crippen LogP contribution is 2.14. The number of pyridine rings is 1. The van der Waals surface area contributed by atoms with Crippen LogP contribution in [0.2, 0.25) is 0 Å². The molecule has 1 aromatic heterocycles. The number of aliphatic hydroxyl groups is 1. The number of ether oxygens (including phenoxy) is 1. The van der Waals surface area contributed by atoms with Crippen LogP contribution in [-0.2, 0) is 10.0 Å². The van der Waals surface area contributed by atoms with Gasteiger partial charge in [0, 0.05) is 18.2 Å². The molecule has 9 heteroatoms. The van der Waals surface area contributed by atoms with E-state index in [0.29, 0.717) is 17.1 Å². The summed E-state index contributed by atoms with van der Waals surface area (Å²) >= 11 is 0. The number of hydrogen-bond acceptors (Lipinski definition) is 6. The normalized spacial score (nSPS) is 12.4. The molecule has 1 aromatic carbocycles. The number of nitrogens with one attached hydrogen (secondary N) is 2. The molecule has 0 saturated carbocycles. The highest BCUT2D eigenvalue weighted by molar-refractivity contribution is 7.89. The summed E-state index contributed by atoms with van der Waals surface area (Å²) in [6.45, 7) is 1.39. The number of benzene rings is 1. The Morgan fingerprint density at radius 1 is 1.24 bits per heavy atom. The van der Waals surface area contributed by atoms with Crippen molar-refractivity contribution in [2.75, 3.05) is 19.0 Å². The van der Waals surface area contributed by atoms with E-state index in [1.54, 1.807) is 12.1 Å². The smallest absolute Gasteiger partial charge is 0.255 e. The number of aliphatic hydroxyl groups excluding tert-OH is 1. The van der Waals surface area contributed by atoms with Crippen LogP contribution in [0.5, 0.6) is 5.88 Å². The maximum atomic E-state index is 12.2. The first kappa shape index (κ1) is 18.8. The number of rotatable bonds is 7. The van der Waals surface area contributed by atoms with Crippen LogP contribution in [0.15, 0.2) is 47.5 Å². The average Bonchev–Trinajstić information content (AvgIpc) is 2.61. The van der Waals surface area contributed by atoms with Gasteiger partial charge in [-0.25, -0.2) is 18.1 Å². The van der Waals surface area contributed by atoms with Gasteiger partial charge in [0.05, 0.1) is 30.0 Å². The van der Waals surface area contributed by atoms with E-state index in [1.807, 2.05) is 0 Å². The standard InChI is InChI=1S/C16H19N3O5S/c1-11(20)9-18-25(22,23)14-6-3-12(4-7-14)16(21)19-13-5-8-15(24-2)17-10-13/h3-8,10-11,18,20H,9H2,1-2H3,(H,19,21). The largest absolute Gasteiger partial charge is 0.481 e. The van der Waals surface area contributed by atoms with E-state index in [1.165, 1.54) is 44.5 Å². The molecule has 0 aliphatic heterocycles. The van der Waals surface area contributed by atoms with Gasteiger partial charge in [-0.2, -0.15) is 0 Å². The van der Waals surface area contributed by atoms with E-state index in [4.69, 9.17) is 9.84 Å². The summed E-state index contributed by atoms with van der Waals surface area (Å²) in [7, 11) is -2.24. The third-order valence-corrected chi connectivity index (χ3v) is 4.64. The molecule has 1 unspecified atom stereocenters. The lowest BCUT2D eigenvalue weighted by Crippen LogP contribution is -2.30. The molecule has 2 aromatic rings. The second-order valence-corrected chi connectivity index (χ2v) is 7.04. The quantitative estimate of drug-likeness (QED) is 0.674. The molecule has 8 nitrogen and oxygen atoms in total. The fourth-order valence-corrected chi connectivity index (χ4v) is 3.00. The van der Waals surface area contributed by atoms with Crippen LogP contribution in [0.3, 0.4) is 0 Å². The molecule has 0 aliphatic rings. The van der Waals surface area contributed by atoms with Crippen molar-refractivity contribution < 1.29 is 23.1 Å². The van der Waals surface area contributed by atoms with E-state index in [0.717, 1.165) is 0 Å². The number of hydrogen-bond donors (Lipinski definition) is 3. The molecule has 1 heterocycles. The molecule has 3 N–H and O–H groups in total. The molecule has 0 bridgehead atoms. The zero-order chi connectivity index (χ0) is 18.4. The third-order valence-electron chi connectivity index (χ3n) is 3.20. The van der Waals surface area contributed by atoms with Crippen LogP contribution in [0.4, 0.5) is 5.69 Å². The van der Waals surface area contributed by atoms with Crippen molar-refractivity contribution in [3.8, 4) is 5.88 Å². The second-order valence-electron chi connectivity index (χ2n) is 5.27. The van der Waals surface area contributed by atoms with E-state index in [-0.39, 0.29) is 11.4 Å². The van der Waals surface area contributed by atoms with Crippen molar-refractivity contribution in [1.82, 2.24) is 9.71 Å². The Balaban J connectivity index is 2.06. The van der Waals surface area contributed by atoms with E-state index in [2.05, 4.69) is 15.0 Å². The van der Waals surface area contributed by atoms with Gasteiger partial charge in [0.25, 0.3) is 5.91 Å². The van der Waals surface area contributed by atoms with E-state index in [9.17, 15) is 13.2 Å². The summed E-state index contributed by atoms with van der Waals surface area (Å²) in [5.41, 5.74) is 0.784. The number of carbonyl (C=O) groups excluding carboxylic acids is 1. The zero-order valence-corrected chi connectivity index (χ0v) is 14.6. The molecular formula is C16H19N3O5S. The molecule has 0 fully saturated rings. The van der Waals surface area contributed by atoms with Gasteiger partial charge in [0.2, 0.25) is 15.9 Å². The Morgan fingerprint density at radius 2 is 1.92 bits per heavy atom. The molecule has 25 heavy (non-hydrogen) atoms. The predicted molar refractivity (Wildman–Crippen MR) is 92.1 cm³/mol. The van der Waals surface area contributed by atoms with Gasteiger partial charge < -0.3 is 15.2 Å². The Morgan fingerprint density at radius 3 is 2.44 bits per heavy atom. The SMILES string of the molecule is COc1ccc(NC(=O)c2ccc(S(=O)(=O)NCC(C)O)cc2)cn1. The highest BCUT2D eigenvalue weighted by atomic mass is 32.2. The summed E-state index contributed by atoms with van der Waals surface area (Å²) in [5, 5.41) is 11.8. The molecular weight excluding hydrogens is 346 g/mol. The molecule has 0 radical (unpaired) electrons. The minimum Gasteiger partial charge on any atom is -0.481 e. The number of aromatic nitrogens is 1. The lowest BCUT2D eigenvalue weighted by molar-refractivity contribution is 0.102. The van der Waals surface area contributed by atoms with Gasteiger partial charge in [0.1, 0.15) is 0 Å². The summed E-state index contributed by atoms with van der Waals surface area (Å²) < 4.78 is 31.3. The molecule has 2 rings (SSSR count). The number of anilines is 1. The summed E-state index contributed by atoms with van der Waals surface area (Å²) in [6, 6.07) is 8.71. The first-order valence-corrected chi connectivity index (χ1v) is 8.89. The minimum atomic E-state index is -3.73. The minimum absolute atomic E-state index is 0.0100. The zero-order valence-electron chi connectivity index (χ0n) is 13.8. The van der Waals surface area contributed by atoms with E-state index >= 15 is 0 Å². The number of methoxy groups -OCH3 is 1. The Labute approximate surface area is 145 Å². The molecule has 0 saturated heterocycles. The highest BCUT2D eigenvalue weighted by Gasteiger charge is 2.15. The van der Waals surface area contributed by atoms with Crippen LogP contribution in [0, 0.1) is 0 Å². The number of sulfonamides is 1. The van der Waals surface area contributed by atoms with Gasteiger partial charge in [0.15, 0.2) is 0 Å². The Hall–Kier alpha value is -2.49. The number of carbonyl (C=O) groups is 1. The van der Waals surface area contributed by atoms with Crippen molar-refractivity contribution in [3.63, 3.8) is 0 Å². The number of amides is 1. The topological polar surface area (TPSA) is 118 Å². The van der Waals surface area contributed by atoms with E-state index < -0.39 is 22.0 Å². The molecule has 0 spiro atoms. The first-order valence-electron chi connectivity index (χ1n) is 7.41. The monoisotopic (exact) mass is 365 g/mol. The predicted octanol–water partition coefficient (Wildman–Crippen LogP) is 1.00. The number of nitrogens with zero attached hydrogens (tertiary/aromatic N) is 1. The summed E-state index contributed by atoms with van der Waals surface area (Å²) in [6.07, 6.45) is 0.660. The van der Waals surface area contributed by atoms with Crippen LogP contribution in [0.25, 0.3) is 0 Å². The van der Waals surface area contributed by atoms with Gasteiger partial charge in [-0.3, -0.25) is 4.79 Å². The van der Waals surface area contributed by atoms with Crippen LogP contribution in [-0.4, -0.2) is 44.2 Å². The second kappa shape index (κ2) is 8.06. The molecule has 1 amide bonds. The lowest BCUT2D eigenvalue weighted by atomic mass is 10.2. The van der Waals surface area contributed by atoms with Gasteiger partial charge in [-0.15, -0.1) is 0 Å². The van der Waals surface area contributed by atoms with Crippen LogP contribution < -0.4 is 14.8 Å². The van der Waals surface area contributed by atoms with Crippen molar-refractivity contribution in [2.24, 2.45) is 0 Å². The van der Waals surface area contributed by atoms with Crippen LogP contribution >= 0.6 is 0 Å². The molecule has 1 atom stereocenters. The van der Waals surface area contributed by atoms with Crippen LogP contribution in [0.1, 0.15) is 17.3 Å². The molecule has 134 valence electrons. The summed E-state index contributed by atoms with van der Waals surface area (Å²) in [4.78, 5) is 16.2. The van der Waals surface area contributed by atoms with Crippen molar-refractivity contribution in [3.05, 3.63) is 48.2 Å². The Kier molecular flexibility index (Phi) is 6.07. The maximum Gasteiger partial charge on any atom is 0.255 e. The van der Waals surface area contributed by atoms with Gasteiger partial charge >= 0.3 is 0 Å². The van der Waals surface area contributed by atoms with Gasteiger partial charge in [-0.05, 0) is 37.3 Å². The van der Waals surface area contributed by atoms with Crippen molar-refractivity contribution >= 4 is 21.6 Å². The van der Waals surface area contributed by atoms with Gasteiger partial charge in [-0.1, -0.05) is 0 Å².